The molecule has 0 spiro atoms. The first kappa shape index (κ1) is 21.2. The third-order valence-electron chi connectivity index (χ3n) is 4.88. The Balaban J connectivity index is 2.29. The lowest BCUT2D eigenvalue weighted by Crippen LogP contribution is -2.27. The van der Waals surface area contributed by atoms with Crippen LogP contribution >= 0.6 is 0 Å². The van der Waals surface area contributed by atoms with E-state index in [1.165, 1.54) is 30.4 Å². The van der Waals surface area contributed by atoms with E-state index < -0.39 is 29.7 Å². The SMILES string of the molecule is C=Cc1ccccc1C1(F)CC(O)=CC=C1c1cc(C(N)=NO)cc(C(F)(F)F)c1. The number of rotatable bonds is 4. The van der Waals surface area contributed by atoms with E-state index >= 15 is 4.39 Å². The molecule has 8 heteroatoms. The van der Waals surface area contributed by atoms with Crippen molar-refractivity contribution in [1.29, 1.82) is 0 Å². The number of nitrogens with two attached hydrogens (primary N) is 1. The molecule has 0 fully saturated rings. The van der Waals surface area contributed by atoms with Crippen molar-refractivity contribution < 1.29 is 27.9 Å². The minimum Gasteiger partial charge on any atom is -0.512 e. The van der Waals surface area contributed by atoms with Crippen LogP contribution in [0.2, 0.25) is 0 Å². The molecule has 1 unspecified atom stereocenters. The van der Waals surface area contributed by atoms with E-state index in [0.717, 1.165) is 6.07 Å². The van der Waals surface area contributed by atoms with Crippen molar-refractivity contribution in [3.05, 3.63) is 94.8 Å². The van der Waals surface area contributed by atoms with E-state index in [-0.39, 0.29) is 28.0 Å². The first-order valence-corrected chi connectivity index (χ1v) is 8.82. The Kier molecular flexibility index (Phi) is 5.43. The van der Waals surface area contributed by atoms with Crippen molar-refractivity contribution in [3.63, 3.8) is 0 Å². The van der Waals surface area contributed by atoms with Gasteiger partial charge in [-0.05, 0) is 35.4 Å². The maximum atomic E-state index is 16.5. The average molecular weight is 418 g/mol. The summed E-state index contributed by atoms with van der Waals surface area (Å²) < 4.78 is 56.9. The number of oxime groups is 1. The van der Waals surface area contributed by atoms with Crippen LogP contribution in [-0.4, -0.2) is 16.1 Å². The molecule has 2 aromatic rings. The lowest BCUT2D eigenvalue weighted by Gasteiger charge is -2.33. The third-order valence-corrected chi connectivity index (χ3v) is 4.88. The highest BCUT2D eigenvalue weighted by atomic mass is 19.4. The summed E-state index contributed by atoms with van der Waals surface area (Å²) in [6.07, 6.45) is -1.33. The van der Waals surface area contributed by atoms with Crippen LogP contribution in [0.5, 0.6) is 0 Å². The third kappa shape index (κ3) is 3.80. The molecule has 1 atom stereocenters. The van der Waals surface area contributed by atoms with E-state index in [2.05, 4.69) is 11.7 Å². The zero-order valence-corrected chi connectivity index (χ0v) is 15.6. The second-order valence-electron chi connectivity index (χ2n) is 6.79. The van der Waals surface area contributed by atoms with Crippen LogP contribution in [0, 0.1) is 0 Å². The van der Waals surface area contributed by atoms with Gasteiger partial charge < -0.3 is 16.0 Å². The number of amidine groups is 1. The highest BCUT2D eigenvalue weighted by Crippen LogP contribution is 2.48. The molecule has 0 amide bonds. The van der Waals surface area contributed by atoms with Gasteiger partial charge in [-0.2, -0.15) is 13.2 Å². The lowest BCUT2D eigenvalue weighted by atomic mass is 9.76. The quantitative estimate of drug-likeness (QED) is 0.201. The minimum atomic E-state index is -4.74. The molecule has 0 bridgehead atoms. The summed E-state index contributed by atoms with van der Waals surface area (Å²) in [5.41, 5.74) is 2.23. The molecular weight excluding hydrogens is 400 g/mol. The largest absolute Gasteiger partial charge is 0.512 e. The number of aliphatic hydroxyl groups excluding tert-OH is 1. The van der Waals surface area contributed by atoms with E-state index in [1.54, 1.807) is 18.2 Å². The first-order chi connectivity index (χ1) is 14.1. The van der Waals surface area contributed by atoms with Crippen molar-refractivity contribution in [1.82, 2.24) is 0 Å². The van der Waals surface area contributed by atoms with Gasteiger partial charge in [0, 0.05) is 23.1 Å². The number of benzene rings is 2. The first-order valence-electron chi connectivity index (χ1n) is 8.82. The summed E-state index contributed by atoms with van der Waals surface area (Å²) in [6.45, 7) is 3.66. The summed E-state index contributed by atoms with van der Waals surface area (Å²) in [7, 11) is 0. The molecule has 30 heavy (non-hydrogen) atoms. The van der Waals surface area contributed by atoms with Crippen LogP contribution in [0.1, 0.15) is 34.2 Å². The van der Waals surface area contributed by atoms with Crippen LogP contribution in [0.25, 0.3) is 11.6 Å². The topological polar surface area (TPSA) is 78.8 Å². The zero-order valence-electron chi connectivity index (χ0n) is 15.6. The maximum Gasteiger partial charge on any atom is 0.416 e. The zero-order chi connectivity index (χ0) is 22.1. The Morgan fingerprint density at radius 3 is 2.50 bits per heavy atom. The number of hydrogen-bond donors (Lipinski definition) is 3. The molecule has 2 aromatic carbocycles. The molecule has 0 heterocycles. The fraction of sp³-hybridized carbons (Fsp3) is 0.136. The van der Waals surface area contributed by atoms with Crippen molar-refractivity contribution in [2.45, 2.75) is 18.3 Å². The normalized spacial score (nSPS) is 19.8. The van der Waals surface area contributed by atoms with Gasteiger partial charge in [-0.15, -0.1) is 0 Å². The minimum absolute atomic E-state index is 0.104. The average Bonchev–Trinajstić information content (AvgIpc) is 2.72. The fourth-order valence-corrected chi connectivity index (χ4v) is 3.47. The standard InChI is InChI=1S/C22H18F4N2O2/c1-2-13-5-3-4-6-18(13)21(23)12-17(29)7-8-19(21)14-9-15(20(27)28-30)11-16(10-14)22(24,25)26/h2-11,29-30H,1,12H2,(H2,27,28). The van der Waals surface area contributed by atoms with Gasteiger partial charge in [0.05, 0.1) is 11.3 Å². The summed E-state index contributed by atoms with van der Waals surface area (Å²) >= 11 is 0. The van der Waals surface area contributed by atoms with Gasteiger partial charge in [0.2, 0.25) is 0 Å². The Hall–Kier alpha value is -3.55. The number of aliphatic hydroxyl groups is 1. The van der Waals surface area contributed by atoms with Crippen LogP contribution in [-0.2, 0) is 11.8 Å². The number of halogens is 4. The van der Waals surface area contributed by atoms with E-state index in [1.807, 2.05) is 0 Å². The summed E-state index contributed by atoms with van der Waals surface area (Å²) in [6, 6.07) is 9.08. The van der Waals surface area contributed by atoms with Crippen molar-refractivity contribution >= 4 is 17.5 Å². The predicted octanol–water partition coefficient (Wildman–Crippen LogP) is 5.54. The van der Waals surface area contributed by atoms with Crippen LogP contribution < -0.4 is 5.73 Å². The molecule has 0 saturated carbocycles. The summed E-state index contributed by atoms with van der Waals surface area (Å²) in [5, 5.41) is 21.7. The summed E-state index contributed by atoms with van der Waals surface area (Å²) in [4.78, 5) is 0. The molecule has 1 aliphatic rings. The van der Waals surface area contributed by atoms with Crippen molar-refractivity contribution in [3.8, 4) is 0 Å². The Morgan fingerprint density at radius 2 is 1.87 bits per heavy atom. The van der Waals surface area contributed by atoms with Gasteiger partial charge in [0.15, 0.2) is 11.5 Å². The summed E-state index contributed by atoms with van der Waals surface area (Å²) in [5.74, 6) is -0.808. The molecule has 4 N–H and O–H groups in total. The predicted molar refractivity (Wildman–Crippen MR) is 107 cm³/mol. The lowest BCUT2D eigenvalue weighted by molar-refractivity contribution is -0.137. The molecule has 0 aromatic heterocycles. The monoisotopic (exact) mass is 418 g/mol. The van der Waals surface area contributed by atoms with Crippen LogP contribution in [0.15, 0.2) is 72.1 Å². The molecular formula is C22H18F4N2O2. The Morgan fingerprint density at radius 1 is 1.17 bits per heavy atom. The smallest absolute Gasteiger partial charge is 0.416 e. The van der Waals surface area contributed by atoms with Gasteiger partial charge in [-0.1, -0.05) is 48.2 Å². The highest BCUT2D eigenvalue weighted by molar-refractivity contribution is 5.98. The van der Waals surface area contributed by atoms with E-state index in [4.69, 9.17) is 10.9 Å². The molecule has 0 radical (unpaired) electrons. The fourth-order valence-electron chi connectivity index (χ4n) is 3.47. The Labute approximate surface area is 170 Å². The Bertz CT molecular complexity index is 1090. The number of nitrogens with zero attached hydrogens (tertiary/aromatic N) is 1. The van der Waals surface area contributed by atoms with Gasteiger partial charge >= 0.3 is 6.18 Å². The molecule has 0 saturated heterocycles. The second kappa shape index (κ2) is 7.70. The number of allylic oxidation sites excluding steroid dienone is 4. The molecule has 1 aliphatic carbocycles. The number of alkyl halides is 4. The van der Waals surface area contributed by atoms with Crippen LogP contribution in [0.3, 0.4) is 0 Å². The molecule has 3 rings (SSSR count). The van der Waals surface area contributed by atoms with Crippen molar-refractivity contribution in [2.24, 2.45) is 10.9 Å². The van der Waals surface area contributed by atoms with Gasteiger partial charge in [-0.25, -0.2) is 4.39 Å². The van der Waals surface area contributed by atoms with Gasteiger partial charge in [-0.3, -0.25) is 0 Å². The molecule has 0 aliphatic heterocycles. The van der Waals surface area contributed by atoms with E-state index in [9.17, 15) is 18.3 Å². The highest BCUT2D eigenvalue weighted by Gasteiger charge is 2.42. The maximum absolute atomic E-state index is 16.5. The van der Waals surface area contributed by atoms with Crippen molar-refractivity contribution in [2.75, 3.05) is 0 Å². The van der Waals surface area contributed by atoms with Gasteiger partial charge in [0.25, 0.3) is 0 Å². The number of hydrogen-bond acceptors (Lipinski definition) is 3. The van der Waals surface area contributed by atoms with Crippen LogP contribution in [0.4, 0.5) is 17.6 Å². The molecule has 156 valence electrons. The molecule has 4 nitrogen and oxygen atoms in total. The van der Waals surface area contributed by atoms with Gasteiger partial charge in [0.1, 0.15) is 0 Å². The second-order valence-corrected chi connectivity index (χ2v) is 6.79. The van der Waals surface area contributed by atoms with E-state index in [0.29, 0.717) is 11.6 Å².